The normalized spacial score (nSPS) is 20.2. The summed E-state index contributed by atoms with van der Waals surface area (Å²) in [5.41, 5.74) is 4.79. The average molecular weight is 270 g/mol. The van der Waals surface area contributed by atoms with Crippen LogP contribution in [0.2, 0.25) is 0 Å². The second kappa shape index (κ2) is 5.75. The first kappa shape index (κ1) is 13.3. The van der Waals surface area contributed by atoms with Crippen molar-refractivity contribution in [2.75, 3.05) is 6.54 Å². The maximum absolute atomic E-state index is 4.64. The lowest BCUT2D eigenvalue weighted by Gasteiger charge is -2.35. The summed E-state index contributed by atoms with van der Waals surface area (Å²) < 4.78 is 0. The molecule has 2 aromatic heterocycles. The van der Waals surface area contributed by atoms with Crippen LogP contribution in [0.15, 0.2) is 24.4 Å². The van der Waals surface area contributed by atoms with Gasteiger partial charge in [0.2, 0.25) is 0 Å². The van der Waals surface area contributed by atoms with E-state index in [2.05, 4.69) is 52.1 Å². The fourth-order valence-electron chi connectivity index (χ4n) is 3.10. The molecule has 0 radical (unpaired) electrons. The number of hydrogen-bond acceptors (Lipinski definition) is 3. The number of nitrogens with one attached hydrogen (secondary N) is 1. The summed E-state index contributed by atoms with van der Waals surface area (Å²) in [6.45, 7) is 6.25. The van der Waals surface area contributed by atoms with E-state index in [1.165, 1.54) is 30.5 Å². The van der Waals surface area contributed by atoms with Crippen LogP contribution >= 0.6 is 0 Å². The average Bonchev–Trinajstić information content (AvgIpc) is 2.86. The topological polar surface area (TPSA) is 44.8 Å². The second-order valence-electron chi connectivity index (χ2n) is 5.72. The number of aromatic amines is 1. The standard InChI is InChI=1S/C16H22N4/c1-12-10-17-19-16(12)15-8-3-4-9-20(15)11-14-7-5-6-13(2)18-14/h5-7,10,15H,3-4,8-9,11H2,1-2H3,(H,17,19)/t15-/m1/s1. The number of likely N-dealkylation sites (tertiary alicyclic amines) is 1. The summed E-state index contributed by atoms with van der Waals surface area (Å²) in [5, 5.41) is 7.38. The van der Waals surface area contributed by atoms with Crippen LogP contribution in [-0.4, -0.2) is 26.6 Å². The molecule has 20 heavy (non-hydrogen) atoms. The van der Waals surface area contributed by atoms with Crippen LogP contribution in [0.25, 0.3) is 0 Å². The zero-order chi connectivity index (χ0) is 13.9. The third-order valence-electron chi connectivity index (χ3n) is 4.13. The van der Waals surface area contributed by atoms with Crippen molar-refractivity contribution in [3.05, 3.63) is 47.0 Å². The van der Waals surface area contributed by atoms with Gasteiger partial charge in [-0.05, 0) is 50.9 Å². The Morgan fingerprint density at radius 2 is 2.20 bits per heavy atom. The Morgan fingerprint density at radius 3 is 2.95 bits per heavy atom. The van der Waals surface area contributed by atoms with E-state index < -0.39 is 0 Å². The number of piperidine rings is 1. The molecule has 0 aliphatic carbocycles. The van der Waals surface area contributed by atoms with Crippen molar-refractivity contribution >= 4 is 0 Å². The largest absolute Gasteiger partial charge is 0.289 e. The Bertz CT molecular complexity index is 575. The third kappa shape index (κ3) is 2.75. The van der Waals surface area contributed by atoms with Gasteiger partial charge >= 0.3 is 0 Å². The molecule has 0 saturated carbocycles. The van der Waals surface area contributed by atoms with Crippen LogP contribution in [-0.2, 0) is 6.54 Å². The fourth-order valence-corrected chi connectivity index (χ4v) is 3.10. The van der Waals surface area contributed by atoms with Crippen LogP contribution in [0, 0.1) is 13.8 Å². The number of H-pyrrole nitrogens is 1. The summed E-state index contributed by atoms with van der Waals surface area (Å²) >= 11 is 0. The van der Waals surface area contributed by atoms with E-state index in [0.717, 1.165) is 24.5 Å². The minimum absolute atomic E-state index is 0.452. The lowest BCUT2D eigenvalue weighted by atomic mass is 9.97. The van der Waals surface area contributed by atoms with Gasteiger partial charge in [0.05, 0.1) is 23.6 Å². The highest BCUT2D eigenvalue weighted by Crippen LogP contribution is 2.32. The molecule has 3 rings (SSSR count). The van der Waals surface area contributed by atoms with Crippen LogP contribution < -0.4 is 0 Å². The van der Waals surface area contributed by atoms with E-state index in [0.29, 0.717) is 6.04 Å². The summed E-state index contributed by atoms with van der Waals surface area (Å²) in [5.74, 6) is 0. The zero-order valence-corrected chi connectivity index (χ0v) is 12.3. The molecule has 1 aliphatic heterocycles. The molecule has 2 aromatic rings. The maximum atomic E-state index is 4.64. The molecule has 1 atom stereocenters. The van der Waals surface area contributed by atoms with Gasteiger partial charge in [0, 0.05) is 12.2 Å². The van der Waals surface area contributed by atoms with Crippen molar-refractivity contribution in [3.63, 3.8) is 0 Å². The van der Waals surface area contributed by atoms with Crippen molar-refractivity contribution in [1.82, 2.24) is 20.1 Å². The van der Waals surface area contributed by atoms with Crippen molar-refractivity contribution < 1.29 is 0 Å². The van der Waals surface area contributed by atoms with Gasteiger partial charge in [-0.25, -0.2) is 0 Å². The molecule has 106 valence electrons. The predicted molar refractivity (Wildman–Crippen MR) is 79.3 cm³/mol. The van der Waals surface area contributed by atoms with Crippen molar-refractivity contribution in [1.29, 1.82) is 0 Å². The summed E-state index contributed by atoms with van der Waals surface area (Å²) in [7, 11) is 0. The number of aromatic nitrogens is 3. The summed E-state index contributed by atoms with van der Waals surface area (Å²) in [4.78, 5) is 7.17. The van der Waals surface area contributed by atoms with Gasteiger partial charge in [0.25, 0.3) is 0 Å². The molecule has 0 bridgehead atoms. The molecule has 4 nitrogen and oxygen atoms in total. The minimum atomic E-state index is 0.452. The predicted octanol–water partition coefficient (Wildman–Crippen LogP) is 3.15. The summed E-state index contributed by atoms with van der Waals surface area (Å²) in [6.07, 6.45) is 5.69. The smallest absolute Gasteiger partial charge is 0.0553 e. The Kier molecular flexibility index (Phi) is 3.83. The quantitative estimate of drug-likeness (QED) is 0.932. The van der Waals surface area contributed by atoms with Crippen LogP contribution in [0.3, 0.4) is 0 Å². The first-order chi connectivity index (χ1) is 9.74. The van der Waals surface area contributed by atoms with Gasteiger partial charge in [0.1, 0.15) is 0 Å². The fraction of sp³-hybridized carbons (Fsp3) is 0.500. The number of rotatable bonds is 3. The molecule has 1 aliphatic rings. The SMILES string of the molecule is Cc1cccc(CN2CCCC[C@@H]2c2[nH]ncc2C)n1. The van der Waals surface area contributed by atoms with Crippen LogP contribution in [0.4, 0.5) is 0 Å². The van der Waals surface area contributed by atoms with Gasteiger partial charge in [-0.2, -0.15) is 5.10 Å². The second-order valence-corrected chi connectivity index (χ2v) is 5.72. The highest BCUT2D eigenvalue weighted by Gasteiger charge is 2.26. The Hall–Kier alpha value is -1.68. The lowest BCUT2D eigenvalue weighted by molar-refractivity contribution is 0.135. The van der Waals surface area contributed by atoms with E-state index in [-0.39, 0.29) is 0 Å². The maximum Gasteiger partial charge on any atom is 0.0553 e. The highest BCUT2D eigenvalue weighted by atomic mass is 15.2. The Morgan fingerprint density at radius 1 is 1.30 bits per heavy atom. The van der Waals surface area contributed by atoms with E-state index in [1.54, 1.807) is 0 Å². The third-order valence-corrected chi connectivity index (χ3v) is 4.13. The van der Waals surface area contributed by atoms with Crippen molar-refractivity contribution in [3.8, 4) is 0 Å². The van der Waals surface area contributed by atoms with E-state index >= 15 is 0 Å². The van der Waals surface area contributed by atoms with E-state index in [1.807, 2.05) is 6.20 Å². The minimum Gasteiger partial charge on any atom is -0.289 e. The van der Waals surface area contributed by atoms with Gasteiger partial charge in [-0.3, -0.25) is 15.0 Å². The molecule has 4 heteroatoms. The molecular weight excluding hydrogens is 248 g/mol. The number of hydrogen-bond donors (Lipinski definition) is 1. The van der Waals surface area contributed by atoms with Gasteiger partial charge in [-0.15, -0.1) is 0 Å². The number of aryl methyl sites for hydroxylation is 2. The van der Waals surface area contributed by atoms with Crippen LogP contribution in [0.1, 0.15) is 47.9 Å². The molecular formula is C16H22N4. The van der Waals surface area contributed by atoms with Gasteiger partial charge in [-0.1, -0.05) is 12.5 Å². The molecule has 1 fully saturated rings. The molecule has 0 unspecified atom stereocenters. The van der Waals surface area contributed by atoms with E-state index in [4.69, 9.17) is 0 Å². The molecule has 0 aromatic carbocycles. The monoisotopic (exact) mass is 270 g/mol. The Labute approximate surface area is 120 Å². The Balaban J connectivity index is 1.81. The molecule has 1 saturated heterocycles. The van der Waals surface area contributed by atoms with Crippen molar-refractivity contribution in [2.24, 2.45) is 0 Å². The number of nitrogens with zero attached hydrogens (tertiary/aromatic N) is 3. The van der Waals surface area contributed by atoms with Gasteiger partial charge in [0.15, 0.2) is 0 Å². The van der Waals surface area contributed by atoms with Crippen molar-refractivity contribution in [2.45, 2.75) is 45.7 Å². The lowest BCUT2D eigenvalue weighted by Crippen LogP contribution is -2.33. The van der Waals surface area contributed by atoms with Gasteiger partial charge < -0.3 is 0 Å². The number of pyridine rings is 1. The molecule has 0 spiro atoms. The molecule has 0 amide bonds. The zero-order valence-electron chi connectivity index (χ0n) is 12.3. The first-order valence-electron chi connectivity index (χ1n) is 7.40. The highest BCUT2D eigenvalue weighted by molar-refractivity contribution is 5.19. The first-order valence-corrected chi connectivity index (χ1v) is 7.40. The van der Waals surface area contributed by atoms with Crippen LogP contribution in [0.5, 0.6) is 0 Å². The molecule has 1 N–H and O–H groups in total. The van der Waals surface area contributed by atoms with E-state index in [9.17, 15) is 0 Å². The molecule has 3 heterocycles. The summed E-state index contributed by atoms with van der Waals surface area (Å²) in [6, 6.07) is 6.72.